The zero-order valence-corrected chi connectivity index (χ0v) is 25.7. The van der Waals surface area contributed by atoms with Gasteiger partial charge in [-0.3, -0.25) is 19.0 Å². The van der Waals surface area contributed by atoms with E-state index in [4.69, 9.17) is 4.74 Å². The third kappa shape index (κ3) is 6.86. The number of ether oxygens (including phenoxy) is 1. The summed E-state index contributed by atoms with van der Waals surface area (Å²) < 4.78 is 7.23. The number of amides is 2. The lowest BCUT2D eigenvalue weighted by Crippen LogP contribution is -2.30. The smallest absolute Gasteiger partial charge is 0.272 e. The number of rotatable bonds is 9. The van der Waals surface area contributed by atoms with E-state index in [0.717, 1.165) is 41.8 Å². The van der Waals surface area contributed by atoms with Gasteiger partial charge in [-0.2, -0.15) is 0 Å². The van der Waals surface area contributed by atoms with E-state index in [1.807, 2.05) is 59.2 Å². The van der Waals surface area contributed by atoms with E-state index in [9.17, 15) is 14.4 Å². The fourth-order valence-electron chi connectivity index (χ4n) is 5.69. The summed E-state index contributed by atoms with van der Waals surface area (Å²) in [5, 5.41) is 6.85. The molecule has 7 nitrogen and oxygen atoms in total. The standard InChI is InChI=1S/C37H33N3O4S/c1-44-28-15-9-11-25(21-28)22-32(39-36(42)26-12-3-2-4-13-26)37(43)38-27-14-10-16-29(23-27)45-24-35(41)40-33-19-7-5-17-30(33)31-18-6-8-20-34(31)40/h2-5,7,9-17,19,21-23H,6,8,18,20,24H2,1H3,(H,38,43)(H,39,42)/b32-22-. The van der Waals surface area contributed by atoms with Crippen molar-refractivity contribution >= 4 is 52.1 Å². The number of methoxy groups -OCH3 is 1. The van der Waals surface area contributed by atoms with Crippen molar-refractivity contribution in [3.05, 3.63) is 131 Å². The number of anilines is 1. The largest absolute Gasteiger partial charge is 0.497 e. The van der Waals surface area contributed by atoms with Crippen molar-refractivity contribution in [3.8, 4) is 5.75 Å². The Bertz CT molecular complexity index is 1910. The predicted molar refractivity (Wildman–Crippen MR) is 180 cm³/mol. The lowest BCUT2D eigenvalue weighted by atomic mass is 9.96. The van der Waals surface area contributed by atoms with Crippen molar-refractivity contribution in [2.75, 3.05) is 18.2 Å². The van der Waals surface area contributed by atoms with Crippen molar-refractivity contribution < 1.29 is 19.1 Å². The number of para-hydroxylation sites is 1. The molecular formula is C37H33N3O4S. The van der Waals surface area contributed by atoms with E-state index >= 15 is 0 Å². The summed E-state index contributed by atoms with van der Waals surface area (Å²) in [6.45, 7) is 0. The van der Waals surface area contributed by atoms with Crippen molar-refractivity contribution in [1.29, 1.82) is 0 Å². The van der Waals surface area contributed by atoms with Crippen LogP contribution in [0.4, 0.5) is 5.69 Å². The van der Waals surface area contributed by atoms with E-state index in [-0.39, 0.29) is 17.4 Å². The summed E-state index contributed by atoms with van der Waals surface area (Å²) in [5.41, 5.74) is 5.17. The van der Waals surface area contributed by atoms with E-state index in [0.29, 0.717) is 22.6 Å². The molecule has 8 heteroatoms. The van der Waals surface area contributed by atoms with Gasteiger partial charge in [-0.25, -0.2) is 0 Å². The average Bonchev–Trinajstić information content (AvgIpc) is 3.42. The molecule has 0 fully saturated rings. The van der Waals surface area contributed by atoms with Crippen molar-refractivity contribution in [2.45, 2.75) is 30.6 Å². The SMILES string of the molecule is COc1cccc(/C=C(\NC(=O)c2ccccc2)C(=O)Nc2cccc(SCC(=O)n3c4c(c5ccccc53)CCCC4)c2)c1. The maximum atomic E-state index is 13.6. The Hall–Kier alpha value is -5.08. The number of thioether (sulfide) groups is 1. The Morgan fingerprint density at radius 3 is 2.49 bits per heavy atom. The van der Waals surface area contributed by atoms with Crippen LogP contribution in [0.15, 0.2) is 114 Å². The zero-order valence-electron chi connectivity index (χ0n) is 24.9. The van der Waals surface area contributed by atoms with Gasteiger partial charge in [0, 0.05) is 27.2 Å². The van der Waals surface area contributed by atoms with Crippen molar-refractivity contribution in [3.63, 3.8) is 0 Å². The Morgan fingerprint density at radius 2 is 1.64 bits per heavy atom. The molecule has 0 spiro atoms. The number of aryl methyl sites for hydroxylation is 1. The third-order valence-electron chi connectivity index (χ3n) is 7.82. The molecule has 1 aliphatic rings. The Balaban J connectivity index is 1.19. The molecule has 2 N–H and O–H groups in total. The Kier molecular flexibility index (Phi) is 9.12. The fraction of sp³-hybridized carbons (Fsp3) is 0.162. The minimum Gasteiger partial charge on any atom is -0.497 e. The number of hydrogen-bond donors (Lipinski definition) is 2. The van der Waals surface area contributed by atoms with Gasteiger partial charge in [-0.1, -0.05) is 54.6 Å². The molecule has 0 radical (unpaired) electrons. The maximum Gasteiger partial charge on any atom is 0.272 e. The number of carbonyl (C=O) groups is 3. The molecule has 6 rings (SSSR count). The van der Waals surface area contributed by atoms with Crippen LogP contribution in [0, 0.1) is 0 Å². The molecule has 1 aromatic heterocycles. The number of nitrogens with one attached hydrogen (secondary N) is 2. The van der Waals surface area contributed by atoms with Gasteiger partial charge in [-0.15, -0.1) is 11.8 Å². The zero-order chi connectivity index (χ0) is 31.2. The number of benzene rings is 4. The third-order valence-corrected chi connectivity index (χ3v) is 8.79. The second-order valence-corrected chi connectivity index (χ2v) is 11.9. The maximum absolute atomic E-state index is 13.6. The highest BCUT2D eigenvalue weighted by Gasteiger charge is 2.23. The van der Waals surface area contributed by atoms with Gasteiger partial charge in [0.2, 0.25) is 5.91 Å². The van der Waals surface area contributed by atoms with Crippen LogP contribution in [0.1, 0.15) is 44.8 Å². The molecule has 0 saturated carbocycles. The molecule has 4 aromatic carbocycles. The molecular weight excluding hydrogens is 582 g/mol. The number of nitrogens with zero attached hydrogens (tertiary/aromatic N) is 1. The van der Waals surface area contributed by atoms with Gasteiger partial charge in [0.1, 0.15) is 11.4 Å². The second-order valence-electron chi connectivity index (χ2n) is 10.8. The first-order chi connectivity index (χ1) is 22.0. The average molecular weight is 616 g/mol. The quantitative estimate of drug-likeness (QED) is 0.134. The highest BCUT2D eigenvalue weighted by molar-refractivity contribution is 8.00. The molecule has 45 heavy (non-hydrogen) atoms. The fourth-order valence-corrected chi connectivity index (χ4v) is 6.50. The summed E-state index contributed by atoms with van der Waals surface area (Å²) in [6, 6.07) is 31.5. The molecule has 1 aliphatic carbocycles. The lowest BCUT2D eigenvalue weighted by Gasteiger charge is -2.15. The molecule has 0 bridgehead atoms. The topological polar surface area (TPSA) is 89.4 Å². The van der Waals surface area contributed by atoms with Crippen LogP contribution in [-0.4, -0.2) is 35.2 Å². The summed E-state index contributed by atoms with van der Waals surface area (Å²) >= 11 is 1.43. The minimum atomic E-state index is -0.481. The summed E-state index contributed by atoms with van der Waals surface area (Å²) in [7, 11) is 1.57. The number of hydrogen-bond acceptors (Lipinski definition) is 5. The van der Waals surface area contributed by atoms with E-state index < -0.39 is 11.8 Å². The van der Waals surface area contributed by atoms with E-state index in [1.54, 1.807) is 55.7 Å². The summed E-state index contributed by atoms with van der Waals surface area (Å²) in [5.74, 6) is 0.0520. The first kappa shape index (κ1) is 30.0. The summed E-state index contributed by atoms with van der Waals surface area (Å²) in [4.78, 5) is 41.0. The van der Waals surface area contributed by atoms with Gasteiger partial charge in [0.05, 0.1) is 18.4 Å². The predicted octanol–water partition coefficient (Wildman–Crippen LogP) is 7.37. The number of fused-ring (bicyclic) bond motifs is 3. The van der Waals surface area contributed by atoms with Crippen LogP contribution in [0.5, 0.6) is 5.75 Å². The number of aromatic nitrogens is 1. The van der Waals surface area contributed by atoms with Crippen LogP contribution in [0.3, 0.4) is 0 Å². The van der Waals surface area contributed by atoms with Gasteiger partial charge >= 0.3 is 0 Å². The first-order valence-corrected chi connectivity index (χ1v) is 15.9. The minimum absolute atomic E-state index is 0.0425. The second kappa shape index (κ2) is 13.7. The van der Waals surface area contributed by atoms with Crippen LogP contribution in [0.2, 0.25) is 0 Å². The summed E-state index contributed by atoms with van der Waals surface area (Å²) in [6.07, 6.45) is 5.76. The van der Waals surface area contributed by atoms with Crippen LogP contribution < -0.4 is 15.4 Å². The van der Waals surface area contributed by atoms with Gasteiger partial charge < -0.3 is 15.4 Å². The van der Waals surface area contributed by atoms with Crippen LogP contribution in [-0.2, 0) is 17.6 Å². The monoisotopic (exact) mass is 615 g/mol. The Morgan fingerprint density at radius 1 is 0.867 bits per heavy atom. The molecule has 0 atom stereocenters. The molecule has 1 heterocycles. The van der Waals surface area contributed by atoms with Crippen molar-refractivity contribution in [2.24, 2.45) is 0 Å². The molecule has 0 unspecified atom stereocenters. The van der Waals surface area contributed by atoms with Crippen molar-refractivity contribution in [1.82, 2.24) is 9.88 Å². The highest BCUT2D eigenvalue weighted by Crippen LogP contribution is 2.33. The molecule has 226 valence electrons. The Labute approximate surface area is 266 Å². The number of carbonyl (C=O) groups excluding carboxylic acids is 3. The van der Waals surface area contributed by atoms with Gasteiger partial charge in [0.15, 0.2) is 0 Å². The van der Waals surface area contributed by atoms with E-state index in [2.05, 4.69) is 16.7 Å². The van der Waals surface area contributed by atoms with Crippen LogP contribution in [0.25, 0.3) is 17.0 Å². The molecule has 5 aromatic rings. The normalized spacial score (nSPS) is 12.8. The molecule has 0 aliphatic heterocycles. The van der Waals surface area contributed by atoms with E-state index in [1.165, 1.54) is 22.7 Å². The molecule has 0 saturated heterocycles. The van der Waals surface area contributed by atoms with Gasteiger partial charge in [-0.05, 0) is 91.4 Å². The lowest BCUT2D eigenvalue weighted by molar-refractivity contribution is -0.113. The first-order valence-electron chi connectivity index (χ1n) is 14.9. The highest BCUT2D eigenvalue weighted by atomic mass is 32.2. The molecule has 2 amide bonds. The van der Waals surface area contributed by atoms with Gasteiger partial charge in [0.25, 0.3) is 11.8 Å². The van der Waals surface area contributed by atoms with Crippen LogP contribution >= 0.6 is 11.8 Å².